The number of para-hydroxylation sites is 1. The molecule has 0 aliphatic rings. The number of carbonyl (C=O) groups is 1. The standard InChI is InChI=1S/C19H19N3O3/c1-24-18-9-15(7-8-17(18)19-12-20-13-25-19)22-11-16(23)10-21-14-5-3-2-4-6-14/h2-9,12-13,21-22H,10-11H2,1H3. The molecule has 0 amide bonds. The van der Waals surface area contributed by atoms with Crippen LogP contribution in [0.25, 0.3) is 11.3 Å². The Morgan fingerprint density at radius 3 is 2.52 bits per heavy atom. The molecule has 0 fully saturated rings. The fraction of sp³-hybridized carbons (Fsp3) is 0.158. The highest BCUT2D eigenvalue weighted by molar-refractivity contribution is 5.87. The van der Waals surface area contributed by atoms with Crippen LogP contribution in [0.1, 0.15) is 0 Å². The number of carbonyl (C=O) groups excluding carboxylic acids is 1. The fourth-order valence-electron chi connectivity index (χ4n) is 2.37. The summed E-state index contributed by atoms with van der Waals surface area (Å²) in [5, 5.41) is 6.21. The average Bonchev–Trinajstić information content (AvgIpc) is 3.19. The lowest BCUT2D eigenvalue weighted by Gasteiger charge is -2.11. The highest BCUT2D eigenvalue weighted by Gasteiger charge is 2.10. The van der Waals surface area contributed by atoms with E-state index < -0.39 is 0 Å². The van der Waals surface area contributed by atoms with Crippen LogP contribution >= 0.6 is 0 Å². The van der Waals surface area contributed by atoms with Gasteiger partial charge >= 0.3 is 0 Å². The van der Waals surface area contributed by atoms with Gasteiger partial charge in [0, 0.05) is 17.4 Å². The van der Waals surface area contributed by atoms with Crippen molar-refractivity contribution in [1.29, 1.82) is 0 Å². The van der Waals surface area contributed by atoms with Gasteiger partial charge in [0.2, 0.25) is 0 Å². The van der Waals surface area contributed by atoms with E-state index in [-0.39, 0.29) is 18.9 Å². The summed E-state index contributed by atoms with van der Waals surface area (Å²) in [7, 11) is 1.59. The van der Waals surface area contributed by atoms with E-state index in [9.17, 15) is 4.79 Å². The van der Waals surface area contributed by atoms with Gasteiger partial charge in [-0.1, -0.05) is 18.2 Å². The van der Waals surface area contributed by atoms with Crippen molar-refractivity contribution in [2.24, 2.45) is 0 Å². The van der Waals surface area contributed by atoms with Gasteiger partial charge in [-0.15, -0.1) is 0 Å². The molecule has 0 spiro atoms. The maximum Gasteiger partial charge on any atom is 0.181 e. The molecule has 0 aliphatic carbocycles. The summed E-state index contributed by atoms with van der Waals surface area (Å²) >= 11 is 0. The molecule has 1 aromatic heterocycles. The van der Waals surface area contributed by atoms with Crippen LogP contribution < -0.4 is 15.4 Å². The number of methoxy groups -OCH3 is 1. The largest absolute Gasteiger partial charge is 0.496 e. The number of anilines is 2. The predicted octanol–water partition coefficient (Wildman–Crippen LogP) is 3.44. The molecular formula is C19H19N3O3. The summed E-state index contributed by atoms with van der Waals surface area (Å²) in [5.41, 5.74) is 2.53. The van der Waals surface area contributed by atoms with Crippen LogP contribution in [0.4, 0.5) is 11.4 Å². The van der Waals surface area contributed by atoms with Gasteiger partial charge in [-0.05, 0) is 24.3 Å². The van der Waals surface area contributed by atoms with Gasteiger partial charge in [0.1, 0.15) is 5.75 Å². The van der Waals surface area contributed by atoms with E-state index in [4.69, 9.17) is 9.15 Å². The lowest BCUT2D eigenvalue weighted by atomic mass is 10.1. The van der Waals surface area contributed by atoms with Gasteiger partial charge in [0.05, 0.1) is 32.0 Å². The maximum atomic E-state index is 12.0. The first-order valence-corrected chi connectivity index (χ1v) is 7.87. The van der Waals surface area contributed by atoms with Crippen LogP contribution in [-0.2, 0) is 4.79 Å². The second-order valence-electron chi connectivity index (χ2n) is 5.39. The van der Waals surface area contributed by atoms with Gasteiger partial charge in [-0.2, -0.15) is 0 Å². The first-order chi connectivity index (χ1) is 12.3. The Balaban J connectivity index is 1.57. The number of rotatable bonds is 8. The lowest BCUT2D eigenvalue weighted by Crippen LogP contribution is -2.22. The predicted molar refractivity (Wildman–Crippen MR) is 96.9 cm³/mol. The Morgan fingerprint density at radius 2 is 1.84 bits per heavy atom. The molecule has 0 bridgehead atoms. The summed E-state index contributed by atoms with van der Waals surface area (Å²) in [6.07, 6.45) is 3.00. The second kappa shape index (κ2) is 8.01. The van der Waals surface area contributed by atoms with Crippen LogP contribution in [0.15, 0.2) is 65.5 Å². The minimum Gasteiger partial charge on any atom is -0.496 e. The third-order valence-electron chi connectivity index (χ3n) is 3.65. The molecule has 6 heteroatoms. The molecule has 0 saturated heterocycles. The number of oxazole rings is 1. The van der Waals surface area contributed by atoms with E-state index in [1.165, 1.54) is 6.39 Å². The Morgan fingerprint density at radius 1 is 1.08 bits per heavy atom. The normalized spacial score (nSPS) is 10.3. The number of ketones is 1. The van der Waals surface area contributed by atoms with Crippen molar-refractivity contribution in [3.63, 3.8) is 0 Å². The molecule has 3 rings (SSSR count). The molecular weight excluding hydrogens is 318 g/mol. The second-order valence-corrected chi connectivity index (χ2v) is 5.39. The number of nitrogens with zero attached hydrogens (tertiary/aromatic N) is 1. The summed E-state index contributed by atoms with van der Waals surface area (Å²) in [5.74, 6) is 1.34. The quantitative estimate of drug-likeness (QED) is 0.656. The summed E-state index contributed by atoms with van der Waals surface area (Å²) in [6, 6.07) is 15.2. The van der Waals surface area contributed by atoms with E-state index in [0.717, 1.165) is 16.9 Å². The van der Waals surface area contributed by atoms with E-state index >= 15 is 0 Å². The van der Waals surface area contributed by atoms with E-state index in [1.807, 2.05) is 48.5 Å². The summed E-state index contributed by atoms with van der Waals surface area (Å²) < 4.78 is 10.7. The van der Waals surface area contributed by atoms with Gasteiger partial charge in [0.25, 0.3) is 0 Å². The van der Waals surface area contributed by atoms with E-state index in [2.05, 4.69) is 15.6 Å². The van der Waals surface area contributed by atoms with Crippen molar-refractivity contribution in [2.45, 2.75) is 0 Å². The molecule has 0 atom stereocenters. The number of hydrogen-bond donors (Lipinski definition) is 2. The minimum absolute atomic E-state index is 0.0575. The lowest BCUT2D eigenvalue weighted by molar-refractivity contribution is -0.115. The Labute approximate surface area is 145 Å². The zero-order chi connectivity index (χ0) is 17.5. The van der Waals surface area contributed by atoms with Crippen molar-refractivity contribution in [2.75, 3.05) is 30.8 Å². The number of benzene rings is 2. The van der Waals surface area contributed by atoms with Crippen LogP contribution in [0.2, 0.25) is 0 Å². The highest BCUT2D eigenvalue weighted by Crippen LogP contribution is 2.32. The van der Waals surface area contributed by atoms with Crippen molar-refractivity contribution in [3.05, 3.63) is 61.1 Å². The Kier molecular flexibility index (Phi) is 5.31. The van der Waals surface area contributed by atoms with Crippen LogP contribution in [-0.4, -0.2) is 31.0 Å². The SMILES string of the molecule is COc1cc(NCC(=O)CNc2ccccc2)ccc1-c1cnco1. The van der Waals surface area contributed by atoms with Gasteiger partial charge < -0.3 is 19.8 Å². The molecule has 25 heavy (non-hydrogen) atoms. The molecule has 2 N–H and O–H groups in total. The molecule has 1 heterocycles. The molecule has 128 valence electrons. The van der Waals surface area contributed by atoms with Crippen LogP contribution in [0.3, 0.4) is 0 Å². The Hall–Kier alpha value is -3.28. The summed E-state index contributed by atoms with van der Waals surface area (Å²) in [4.78, 5) is 15.9. The van der Waals surface area contributed by atoms with Crippen molar-refractivity contribution >= 4 is 17.2 Å². The fourth-order valence-corrected chi connectivity index (χ4v) is 2.37. The van der Waals surface area contributed by atoms with Crippen LogP contribution in [0, 0.1) is 0 Å². The zero-order valence-corrected chi connectivity index (χ0v) is 13.9. The molecule has 0 unspecified atom stereocenters. The van der Waals surface area contributed by atoms with Crippen molar-refractivity contribution in [3.8, 4) is 17.1 Å². The molecule has 3 aromatic rings. The first kappa shape index (κ1) is 16.6. The number of Topliss-reactive ketones (excluding diaryl/α,β-unsaturated/α-hetero) is 1. The van der Waals surface area contributed by atoms with E-state index in [0.29, 0.717) is 11.5 Å². The minimum atomic E-state index is 0.0575. The van der Waals surface area contributed by atoms with Crippen molar-refractivity contribution in [1.82, 2.24) is 4.98 Å². The number of hydrogen-bond acceptors (Lipinski definition) is 6. The van der Waals surface area contributed by atoms with E-state index in [1.54, 1.807) is 13.3 Å². The van der Waals surface area contributed by atoms with Gasteiger partial charge in [-0.3, -0.25) is 4.79 Å². The summed E-state index contributed by atoms with van der Waals surface area (Å²) in [6.45, 7) is 0.495. The number of aromatic nitrogens is 1. The third kappa shape index (κ3) is 4.38. The van der Waals surface area contributed by atoms with Gasteiger partial charge in [0.15, 0.2) is 17.9 Å². The van der Waals surface area contributed by atoms with Gasteiger partial charge in [-0.25, -0.2) is 4.98 Å². The van der Waals surface area contributed by atoms with Crippen molar-refractivity contribution < 1.29 is 13.9 Å². The monoisotopic (exact) mass is 337 g/mol. The smallest absolute Gasteiger partial charge is 0.181 e. The topological polar surface area (TPSA) is 76.4 Å². The molecule has 0 aliphatic heterocycles. The highest BCUT2D eigenvalue weighted by atomic mass is 16.5. The molecule has 0 saturated carbocycles. The average molecular weight is 337 g/mol. The Bertz CT molecular complexity index is 817. The molecule has 2 aromatic carbocycles. The molecule has 0 radical (unpaired) electrons. The number of nitrogens with one attached hydrogen (secondary N) is 2. The first-order valence-electron chi connectivity index (χ1n) is 7.87. The molecule has 6 nitrogen and oxygen atoms in total. The maximum absolute atomic E-state index is 12.0. The van der Waals surface area contributed by atoms with Crippen LogP contribution in [0.5, 0.6) is 5.75 Å². The number of ether oxygens (including phenoxy) is 1. The zero-order valence-electron chi connectivity index (χ0n) is 13.9. The third-order valence-corrected chi connectivity index (χ3v) is 3.65.